The minimum Gasteiger partial charge on any atom is -0.466 e. The first-order chi connectivity index (χ1) is 29.7. The minimum absolute atomic E-state index is 0.0174. The molecule has 14 nitrogen and oxygen atoms in total. The van der Waals surface area contributed by atoms with Crippen molar-refractivity contribution in [1.29, 1.82) is 0 Å². The first-order valence-corrected chi connectivity index (χ1v) is 26.2. The molecule has 5 atom stereocenters. The summed E-state index contributed by atoms with van der Waals surface area (Å²) in [7, 11) is -1.70. The average Bonchev–Trinajstić information content (AvgIpc) is 4.05. The number of allylic oxidation sites excluding steroid dienone is 2. The van der Waals surface area contributed by atoms with Crippen LogP contribution >= 0.6 is 0 Å². The van der Waals surface area contributed by atoms with Gasteiger partial charge in [-0.25, -0.2) is 4.68 Å². The van der Waals surface area contributed by atoms with Crippen LogP contribution in [-0.2, 0) is 49.2 Å². The standard InChI is InChI=1S/C47H71N5O9Si/c1-7-9-27-61-62(5,6)30-17-26-58-28-29-60-41(54)23-22-40(53)50(24-15-10-11-16-25-51-44(55)42-36-20-21-37(31-36)43(42)45(51)56)33-38-34-52(49-48-38)39(35-18-13-12-14-19-35)32-47(3,4)46(57)59-8-2/h12-14,18-21,34,36-37,39,42-43H,7-11,15-17,22-33H2,1-6H3/t36-,37+,39?,42+,43-. The smallest absolute Gasteiger partial charge is 0.311 e. The molecule has 2 heterocycles. The molecule has 2 bridgehead atoms. The Bertz CT molecular complexity index is 1790. The van der Waals surface area contributed by atoms with Gasteiger partial charge in [-0.2, -0.15) is 0 Å². The predicted octanol–water partition coefficient (Wildman–Crippen LogP) is 7.29. The zero-order valence-electron chi connectivity index (χ0n) is 38.1. The first kappa shape index (κ1) is 48.8. The molecular weight excluding hydrogens is 807 g/mol. The number of aromatic nitrogens is 3. The zero-order chi connectivity index (χ0) is 44.7. The van der Waals surface area contributed by atoms with Crippen LogP contribution in [0.15, 0.2) is 48.7 Å². The van der Waals surface area contributed by atoms with Gasteiger partial charge in [-0.05, 0) is 95.8 Å². The Morgan fingerprint density at radius 3 is 2.27 bits per heavy atom. The fraction of sp³-hybridized carbons (Fsp3) is 0.681. The summed E-state index contributed by atoms with van der Waals surface area (Å²) in [5, 5.41) is 8.95. The molecule has 0 spiro atoms. The second-order valence-corrected chi connectivity index (χ2v) is 22.7. The maximum atomic E-state index is 13.8. The van der Waals surface area contributed by atoms with Crippen molar-refractivity contribution < 1.29 is 42.6 Å². The molecule has 1 saturated carbocycles. The third-order valence-corrected chi connectivity index (χ3v) is 15.1. The van der Waals surface area contributed by atoms with Crippen molar-refractivity contribution in [2.24, 2.45) is 29.1 Å². The van der Waals surface area contributed by atoms with E-state index in [0.717, 1.165) is 56.7 Å². The lowest BCUT2D eigenvalue weighted by Crippen LogP contribution is -2.34. The van der Waals surface area contributed by atoms with Crippen molar-refractivity contribution in [3.63, 3.8) is 0 Å². The molecule has 15 heteroatoms. The molecule has 1 aromatic heterocycles. The van der Waals surface area contributed by atoms with Gasteiger partial charge in [-0.15, -0.1) is 5.10 Å². The summed E-state index contributed by atoms with van der Waals surface area (Å²) in [5.41, 5.74) is 0.727. The minimum atomic E-state index is -1.70. The zero-order valence-corrected chi connectivity index (χ0v) is 39.1. The third-order valence-electron chi connectivity index (χ3n) is 12.5. The number of carbonyl (C=O) groups excluding carboxylic acids is 5. The number of benzene rings is 1. The molecule has 2 fully saturated rings. The normalized spacial score (nSPS) is 19.9. The van der Waals surface area contributed by atoms with Crippen molar-refractivity contribution >= 4 is 38.0 Å². The number of imide groups is 1. The van der Waals surface area contributed by atoms with E-state index >= 15 is 0 Å². The molecule has 1 aliphatic heterocycles. The average molecular weight is 878 g/mol. The molecule has 1 aromatic carbocycles. The van der Waals surface area contributed by atoms with Crippen LogP contribution in [0.1, 0.15) is 116 Å². The summed E-state index contributed by atoms with van der Waals surface area (Å²) in [6.45, 7) is 15.2. The van der Waals surface area contributed by atoms with Gasteiger partial charge in [-0.3, -0.25) is 28.9 Å². The third kappa shape index (κ3) is 13.6. The van der Waals surface area contributed by atoms with Gasteiger partial charge in [0.2, 0.25) is 17.7 Å². The van der Waals surface area contributed by atoms with Crippen molar-refractivity contribution in [2.75, 3.05) is 46.1 Å². The molecule has 2 aliphatic carbocycles. The van der Waals surface area contributed by atoms with Gasteiger partial charge < -0.3 is 23.5 Å². The lowest BCUT2D eigenvalue weighted by Gasteiger charge is -2.28. The van der Waals surface area contributed by atoms with E-state index in [1.165, 1.54) is 4.90 Å². The SMILES string of the molecule is CCCCO[Si](C)(C)CCCOCCOC(=O)CCC(=O)N(CCCCCCN1C(=O)[C@@H]2[C@H](C1=O)[C@H]1C=C[C@@H]2C1)Cc1cn(C(CC(C)(C)C(=O)OCC)c2ccccc2)nn1. The van der Waals surface area contributed by atoms with E-state index in [9.17, 15) is 24.0 Å². The maximum Gasteiger partial charge on any atom is 0.311 e. The second kappa shape index (κ2) is 23.5. The number of esters is 2. The highest BCUT2D eigenvalue weighted by atomic mass is 28.4. The summed E-state index contributed by atoms with van der Waals surface area (Å²) < 4.78 is 24.3. The number of unbranched alkanes of at least 4 members (excludes halogenated alkanes) is 4. The van der Waals surface area contributed by atoms with Gasteiger partial charge in [0, 0.05) is 32.7 Å². The number of hydrogen-bond acceptors (Lipinski definition) is 11. The molecule has 2 aromatic rings. The van der Waals surface area contributed by atoms with E-state index in [1.54, 1.807) is 16.5 Å². The van der Waals surface area contributed by atoms with Crippen LogP contribution in [0.5, 0.6) is 0 Å². The van der Waals surface area contributed by atoms with E-state index in [2.05, 4.69) is 42.5 Å². The number of carbonyl (C=O) groups is 5. The van der Waals surface area contributed by atoms with Gasteiger partial charge in [-0.1, -0.05) is 73.9 Å². The van der Waals surface area contributed by atoms with Crippen LogP contribution in [0, 0.1) is 29.1 Å². The Morgan fingerprint density at radius 1 is 0.871 bits per heavy atom. The molecular formula is C47H71N5O9Si. The largest absolute Gasteiger partial charge is 0.466 e. The highest BCUT2D eigenvalue weighted by Gasteiger charge is 2.58. The maximum absolute atomic E-state index is 13.8. The van der Waals surface area contributed by atoms with Crippen molar-refractivity contribution in [3.8, 4) is 0 Å². The van der Waals surface area contributed by atoms with Crippen LogP contribution in [0.2, 0.25) is 19.1 Å². The molecule has 1 saturated heterocycles. The summed E-state index contributed by atoms with van der Waals surface area (Å²) in [5.74, 6) is -0.960. The molecule has 1 unspecified atom stereocenters. The van der Waals surface area contributed by atoms with Crippen LogP contribution in [-0.4, -0.2) is 109 Å². The second-order valence-electron chi connectivity index (χ2n) is 18.4. The van der Waals surface area contributed by atoms with Crippen LogP contribution in [0.25, 0.3) is 0 Å². The number of likely N-dealkylation sites (tertiary alicyclic amines) is 1. The summed E-state index contributed by atoms with van der Waals surface area (Å²) >= 11 is 0. The van der Waals surface area contributed by atoms with Crippen LogP contribution in [0.4, 0.5) is 0 Å². The number of amides is 3. The van der Waals surface area contributed by atoms with Gasteiger partial charge in [0.15, 0.2) is 8.32 Å². The Kier molecular flexibility index (Phi) is 18.5. The topological polar surface area (TPSA) is 159 Å². The molecule has 3 aliphatic rings. The Hall–Kier alpha value is -4.21. The number of fused-ring (bicyclic) bond motifs is 5. The molecule has 62 heavy (non-hydrogen) atoms. The quantitative estimate of drug-likeness (QED) is 0.0266. The number of hydrogen-bond donors (Lipinski definition) is 0. The van der Waals surface area contributed by atoms with E-state index in [0.29, 0.717) is 51.3 Å². The van der Waals surface area contributed by atoms with Gasteiger partial charge in [0.1, 0.15) is 12.3 Å². The monoisotopic (exact) mass is 878 g/mol. The van der Waals surface area contributed by atoms with Crippen LogP contribution in [0.3, 0.4) is 0 Å². The van der Waals surface area contributed by atoms with E-state index in [4.69, 9.17) is 18.6 Å². The molecule has 5 rings (SSSR count). The number of nitrogens with zero attached hydrogens (tertiary/aromatic N) is 5. The first-order valence-electron chi connectivity index (χ1n) is 23.1. The van der Waals surface area contributed by atoms with Gasteiger partial charge >= 0.3 is 11.9 Å². The highest BCUT2D eigenvalue weighted by molar-refractivity contribution is 6.71. The molecule has 0 N–H and O–H groups in total. The van der Waals surface area contributed by atoms with E-state index in [-0.39, 0.29) is 86.0 Å². The van der Waals surface area contributed by atoms with Crippen molar-refractivity contribution in [1.82, 2.24) is 24.8 Å². The van der Waals surface area contributed by atoms with Crippen LogP contribution < -0.4 is 0 Å². The Morgan fingerprint density at radius 2 is 1.58 bits per heavy atom. The molecule has 3 amide bonds. The summed E-state index contributed by atoms with van der Waals surface area (Å²) in [6, 6.07) is 10.5. The number of rotatable bonds is 29. The van der Waals surface area contributed by atoms with Gasteiger partial charge in [0.25, 0.3) is 0 Å². The summed E-state index contributed by atoms with van der Waals surface area (Å²) in [6.07, 6.45) is 13.4. The fourth-order valence-corrected chi connectivity index (χ4v) is 10.8. The van der Waals surface area contributed by atoms with E-state index < -0.39 is 19.7 Å². The number of ether oxygens (including phenoxy) is 3. The highest BCUT2D eigenvalue weighted by Crippen LogP contribution is 2.52. The van der Waals surface area contributed by atoms with E-state index in [1.807, 2.05) is 50.4 Å². The Balaban J connectivity index is 1.13. The van der Waals surface area contributed by atoms with Crippen molar-refractivity contribution in [3.05, 3.63) is 59.9 Å². The fourth-order valence-electron chi connectivity index (χ4n) is 8.99. The van der Waals surface area contributed by atoms with Gasteiger partial charge in [0.05, 0.1) is 55.7 Å². The lowest BCUT2D eigenvalue weighted by atomic mass is 9.83. The predicted molar refractivity (Wildman–Crippen MR) is 237 cm³/mol. The van der Waals surface area contributed by atoms with Crippen molar-refractivity contribution in [2.45, 2.75) is 130 Å². The summed E-state index contributed by atoms with van der Waals surface area (Å²) in [4.78, 5) is 68.8. The molecule has 342 valence electrons. The Labute approximate surface area is 369 Å². The molecule has 0 radical (unpaired) electrons. The lowest BCUT2D eigenvalue weighted by molar-refractivity contribution is -0.154.